The van der Waals surface area contributed by atoms with Gasteiger partial charge >= 0.3 is 6.18 Å². The van der Waals surface area contributed by atoms with Crippen LogP contribution in [0.3, 0.4) is 0 Å². The van der Waals surface area contributed by atoms with Gasteiger partial charge in [-0.25, -0.2) is 9.97 Å². The molecule has 0 fully saturated rings. The van der Waals surface area contributed by atoms with Gasteiger partial charge in [0.2, 0.25) is 0 Å². The van der Waals surface area contributed by atoms with Gasteiger partial charge in [0.1, 0.15) is 11.5 Å². The Bertz CT molecular complexity index is 697. The van der Waals surface area contributed by atoms with Crippen molar-refractivity contribution in [3.63, 3.8) is 0 Å². The lowest BCUT2D eigenvalue weighted by Crippen LogP contribution is -2.24. The summed E-state index contributed by atoms with van der Waals surface area (Å²) in [6.07, 6.45) is -1.88. The summed E-state index contributed by atoms with van der Waals surface area (Å²) in [5.74, 6) is -0.141. The lowest BCUT2D eigenvalue weighted by atomic mass is 10.1. The molecule has 2 rings (SSSR count). The van der Waals surface area contributed by atoms with Crippen LogP contribution in [-0.4, -0.2) is 29.0 Å². The molecule has 0 atom stereocenters. The number of amides is 1. The average Bonchev–Trinajstić information content (AvgIpc) is 2.56. The van der Waals surface area contributed by atoms with Crippen molar-refractivity contribution in [3.8, 4) is 0 Å². The van der Waals surface area contributed by atoms with E-state index in [0.29, 0.717) is 5.82 Å². The van der Waals surface area contributed by atoms with Gasteiger partial charge in [0.15, 0.2) is 0 Å². The first-order valence-corrected chi connectivity index (χ1v) is 7.41. The van der Waals surface area contributed by atoms with Gasteiger partial charge in [0, 0.05) is 13.1 Å². The number of anilines is 2. The predicted molar refractivity (Wildman–Crippen MR) is 85.0 cm³/mol. The standard InChI is InChI=1S/C16H17F3N4O/c1-3-23(4-2)14-10-20-13(9-21-14)15(24)22-12-8-6-5-7-11(12)16(17,18)19/h5-10H,3-4H2,1-2H3,(H,22,24). The first-order chi connectivity index (χ1) is 11.4. The molecule has 0 aliphatic rings. The van der Waals surface area contributed by atoms with Crippen LogP contribution in [0.15, 0.2) is 36.7 Å². The number of rotatable bonds is 5. The summed E-state index contributed by atoms with van der Waals surface area (Å²) in [4.78, 5) is 22.2. The van der Waals surface area contributed by atoms with Gasteiger partial charge in [0.25, 0.3) is 5.91 Å². The van der Waals surface area contributed by atoms with Gasteiger partial charge in [-0.05, 0) is 26.0 Å². The van der Waals surface area contributed by atoms with Gasteiger partial charge in [-0.15, -0.1) is 0 Å². The molecule has 5 nitrogen and oxygen atoms in total. The first kappa shape index (κ1) is 17.7. The minimum atomic E-state index is -4.55. The molecule has 0 aliphatic heterocycles. The van der Waals surface area contributed by atoms with Crippen molar-refractivity contribution in [2.75, 3.05) is 23.3 Å². The fourth-order valence-corrected chi connectivity index (χ4v) is 2.18. The van der Waals surface area contributed by atoms with Crippen LogP contribution in [0.1, 0.15) is 29.9 Å². The van der Waals surface area contributed by atoms with E-state index in [2.05, 4.69) is 15.3 Å². The van der Waals surface area contributed by atoms with Crippen molar-refractivity contribution >= 4 is 17.4 Å². The molecule has 8 heteroatoms. The molecule has 1 N–H and O–H groups in total. The number of halogens is 3. The van der Waals surface area contributed by atoms with Gasteiger partial charge < -0.3 is 10.2 Å². The molecule has 1 aromatic heterocycles. The number of alkyl halides is 3. The Morgan fingerprint density at radius 1 is 1.12 bits per heavy atom. The van der Waals surface area contributed by atoms with E-state index in [1.165, 1.54) is 30.6 Å². The maximum Gasteiger partial charge on any atom is 0.418 e. The number of hydrogen-bond acceptors (Lipinski definition) is 4. The van der Waals surface area contributed by atoms with Gasteiger partial charge in [-0.1, -0.05) is 12.1 Å². The van der Waals surface area contributed by atoms with E-state index in [1.54, 1.807) is 0 Å². The van der Waals surface area contributed by atoms with Gasteiger partial charge in [-0.3, -0.25) is 4.79 Å². The van der Waals surface area contributed by atoms with E-state index in [4.69, 9.17) is 0 Å². The molecule has 0 saturated carbocycles. The highest BCUT2D eigenvalue weighted by atomic mass is 19.4. The van der Waals surface area contributed by atoms with Crippen LogP contribution in [0.25, 0.3) is 0 Å². The van der Waals surface area contributed by atoms with Crippen LogP contribution in [0.2, 0.25) is 0 Å². The minimum absolute atomic E-state index is 0.0529. The molecule has 0 spiro atoms. The van der Waals surface area contributed by atoms with Crippen molar-refractivity contribution in [2.24, 2.45) is 0 Å². The Hall–Kier alpha value is -2.64. The zero-order valence-corrected chi connectivity index (χ0v) is 13.3. The molecule has 128 valence electrons. The van der Waals surface area contributed by atoms with E-state index in [-0.39, 0.29) is 11.4 Å². The maximum atomic E-state index is 12.9. The van der Waals surface area contributed by atoms with Gasteiger partial charge in [-0.2, -0.15) is 13.2 Å². The fourth-order valence-electron chi connectivity index (χ4n) is 2.18. The number of carbonyl (C=O) groups is 1. The average molecular weight is 338 g/mol. The summed E-state index contributed by atoms with van der Waals surface area (Å²) >= 11 is 0. The third-order valence-corrected chi connectivity index (χ3v) is 3.44. The third kappa shape index (κ3) is 4.01. The lowest BCUT2D eigenvalue weighted by molar-refractivity contribution is -0.136. The second-order valence-electron chi connectivity index (χ2n) is 4.93. The SMILES string of the molecule is CCN(CC)c1cnc(C(=O)Nc2ccccc2C(F)(F)F)cn1. The van der Waals surface area contributed by atoms with Crippen LogP contribution < -0.4 is 10.2 Å². The number of nitrogens with zero attached hydrogens (tertiary/aromatic N) is 3. The Balaban J connectivity index is 2.19. The summed E-state index contributed by atoms with van der Waals surface area (Å²) in [6, 6.07) is 4.78. The highest BCUT2D eigenvalue weighted by molar-refractivity contribution is 6.03. The monoisotopic (exact) mass is 338 g/mol. The molecular formula is C16H17F3N4O. The van der Waals surface area contributed by atoms with Crippen LogP contribution in [0.5, 0.6) is 0 Å². The van der Waals surface area contributed by atoms with E-state index in [0.717, 1.165) is 19.2 Å². The Morgan fingerprint density at radius 2 is 1.79 bits per heavy atom. The van der Waals surface area contributed by atoms with Crippen LogP contribution in [0.4, 0.5) is 24.7 Å². The van der Waals surface area contributed by atoms with Crippen LogP contribution >= 0.6 is 0 Å². The summed E-state index contributed by atoms with van der Waals surface area (Å²) < 4.78 is 38.8. The highest BCUT2D eigenvalue weighted by Crippen LogP contribution is 2.34. The number of hydrogen-bond donors (Lipinski definition) is 1. The fraction of sp³-hybridized carbons (Fsp3) is 0.312. The molecule has 0 radical (unpaired) electrons. The van der Waals surface area contributed by atoms with E-state index < -0.39 is 17.6 Å². The summed E-state index contributed by atoms with van der Waals surface area (Å²) in [5, 5.41) is 2.23. The number of nitrogens with one attached hydrogen (secondary N) is 1. The lowest BCUT2D eigenvalue weighted by Gasteiger charge is -2.19. The number of para-hydroxylation sites is 1. The third-order valence-electron chi connectivity index (χ3n) is 3.44. The maximum absolute atomic E-state index is 12.9. The van der Waals surface area contributed by atoms with Crippen molar-refractivity contribution in [1.82, 2.24) is 9.97 Å². The molecule has 2 aromatic rings. The quantitative estimate of drug-likeness (QED) is 0.905. The topological polar surface area (TPSA) is 58.1 Å². The predicted octanol–water partition coefficient (Wildman–Crippen LogP) is 3.59. The summed E-state index contributed by atoms with van der Waals surface area (Å²) in [5.41, 5.74) is -1.28. The van der Waals surface area contributed by atoms with E-state index >= 15 is 0 Å². The molecule has 1 aromatic carbocycles. The zero-order chi connectivity index (χ0) is 17.7. The van der Waals surface area contributed by atoms with Crippen molar-refractivity contribution in [3.05, 3.63) is 47.9 Å². The molecule has 0 bridgehead atoms. The summed E-state index contributed by atoms with van der Waals surface area (Å²) in [6.45, 7) is 5.38. The number of benzene rings is 1. The largest absolute Gasteiger partial charge is 0.418 e. The second kappa shape index (κ2) is 7.29. The van der Waals surface area contributed by atoms with E-state index in [9.17, 15) is 18.0 Å². The minimum Gasteiger partial charge on any atom is -0.356 e. The first-order valence-electron chi connectivity index (χ1n) is 7.41. The van der Waals surface area contributed by atoms with Crippen LogP contribution in [0, 0.1) is 0 Å². The van der Waals surface area contributed by atoms with Crippen molar-refractivity contribution < 1.29 is 18.0 Å². The van der Waals surface area contributed by atoms with Crippen molar-refractivity contribution in [1.29, 1.82) is 0 Å². The second-order valence-corrected chi connectivity index (χ2v) is 4.93. The molecule has 1 heterocycles. The molecule has 24 heavy (non-hydrogen) atoms. The van der Waals surface area contributed by atoms with Gasteiger partial charge in [0.05, 0.1) is 23.6 Å². The zero-order valence-electron chi connectivity index (χ0n) is 13.3. The Morgan fingerprint density at radius 3 is 2.33 bits per heavy atom. The summed E-state index contributed by atoms with van der Waals surface area (Å²) in [7, 11) is 0. The molecular weight excluding hydrogens is 321 g/mol. The molecule has 0 unspecified atom stereocenters. The normalized spacial score (nSPS) is 11.2. The number of carbonyl (C=O) groups excluding carboxylic acids is 1. The highest BCUT2D eigenvalue weighted by Gasteiger charge is 2.33. The number of aromatic nitrogens is 2. The Labute approximate surface area is 137 Å². The van der Waals surface area contributed by atoms with Crippen LogP contribution in [-0.2, 0) is 6.18 Å². The van der Waals surface area contributed by atoms with Crippen molar-refractivity contribution in [2.45, 2.75) is 20.0 Å². The molecule has 0 saturated heterocycles. The Kier molecular flexibility index (Phi) is 5.38. The molecule has 0 aliphatic carbocycles. The van der Waals surface area contributed by atoms with E-state index in [1.807, 2.05) is 18.7 Å². The molecule has 1 amide bonds. The smallest absolute Gasteiger partial charge is 0.356 e.